The molecule has 0 fully saturated rings. The van der Waals surface area contributed by atoms with Crippen molar-refractivity contribution in [1.82, 2.24) is 0 Å². The molecule has 0 saturated carbocycles. The molecule has 0 aromatic heterocycles. The van der Waals surface area contributed by atoms with Crippen LogP contribution in [0.15, 0.2) is 24.3 Å². The number of carbonyl (C=O) groups is 1. The van der Waals surface area contributed by atoms with Crippen LogP contribution >= 0.6 is 0 Å². The van der Waals surface area contributed by atoms with Crippen molar-refractivity contribution in [2.75, 3.05) is 11.5 Å². The highest BCUT2D eigenvalue weighted by Crippen LogP contribution is 2.10. The minimum absolute atomic E-state index is 0.0478. The molecule has 0 N–H and O–H groups in total. The number of ketones is 1. The quantitative estimate of drug-likeness (QED) is 0.760. The Morgan fingerprint density at radius 3 is 2.41 bits per heavy atom. The Morgan fingerprint density at radius 2 is 1.88 bits per heavy atom. The summed E-state index contributed by atoms with van der Waals surface area (Å²) in [5, 5.41) is 0. The molecule has 94 valence electrons. The van der Waals surface area contributed by atoms with Crippen LogP contribution in [0.2, 0.25) is 0 Å². The van der Waals surface area contributed by atoms with E-state index in [1.165, 1.54) is 18.2 Å². The summed E-state index contributed by atoms with van der Waals surface area (Å²) in [5.41, 5.74) is -0.167. The van der Waals surface area contributed by atoms with Crippen LogP contribution in [0.1, 0.15) is 24.2 Å². The van der Waals surface area contributed by atoms with Gasteiger partial charge in [-0.25, -0.2) is 12.8 Å². The Morgan fingerprint density at radius 1 is 1.29 bits per heavy atom. The van der Waals surface area contributed by atoms with Gasteiger partial charge in [0.05, 0.1) is 11.3 Å². The van der Waals surface area contributed by atoms with Gasteiger partial charge >= 0.3 is 0 Å². The lowest BCUT2D eigenvalue weighted by molar-refractivity contribution is 0.101. The van der Waals surface area contributed by atoms with Crippen LogP contribution in [0.25, 0.3) is 0 Å². The molecular weight excluding hydrogens is 243 g/mol. The topological polar surface area (TPSA) is 51.2 Å². The molecule has 0 bridgehead atoms. The average molecular weight is 258 g/mol. The molecule has 0 atom stereocenters. The van der Waals surface area contributed by atoms with E-state index in [1.807, 2.05) is 0 Å². The fraction of sp³-hybridized carbons (Fsp3) is 0.417. The first-order chi connectivity index (χ1) is 7.82. The Hall–Kier alpha value is -1.23. The summed E-state index contributed by atoms with van der Waals surface area (Å²) in [5.74, 6) is -2.12. The second-order valence-electron chi connectivity index (χ2n) is 4.35. The lowest BCUT2D eigenvalue weighted by Crippen LogP contribution is -2.22. The number of rotatable bonds is 5. The number of carbonyl (C=O) groups excluding carboxylic acids is 1. The number of hydrogen-bond acceptors (Lipinski definition) is 3. The van der Waals surface area contributed by atoms with Crippen molar-refractivity contribution in [3.05, 3.63) is 35.6 Å². The molecule has 3 nitrogen and oxygen atoms in total. The molecule has 1 aromatic carbocycles. The Bertz CT molecular complexity index is 506. The van der Waals surface area contributed by atoms with Crippen molar-refractivity contribution in [2.24, 2.45) is 5.92 Å². The number of benzene rings is 1. The molecule has 0 heterocycles. The second kappa shape index (κ2) is 5.40. The third-order valence-corrected chi connectivity index (χ3v) is 3.99. The highest BCUT2D eigenvalue weighted by Gasteiger charge is 2.21. The first-order valence-electron chi connectivity index (χ1n) is 5.30. The second-order valence-corrected chi connectivity index (χ2v) is 6.46. The molecule has 1 aromatic rings. The lowest BCUT2D eigenvalue weighted by atomic mass is 10.1. The van der Waals surface area contributed by atoms with E-state index < -0.39 is 27.2 Å². The van der Waals surface area contributed by atoms with E-state index in [9.17, 15) is 17.6 Å². The summed E-state index contributed by atoms with van der Waals surface area (Å²) in [6.07, 6.45) is 0. The Balaban J connectivity index is 2.84. The molecule has 5 heteroatoms. The summed E-state index contributed by atoms with van der Waals surface area (Å²) in [4.78, 5) is 11.6. The van der Waals surface area contributed by atoms with Gasteiger partial charge in [-0.05, 0) is 18.1 Å². The molecule has 1 rings (SSSR count). The van der Waals surface area contributed by atoms with Gasteiger partial charge in [0.2, 0.25) is 0 Å². The van der Waals surface area contributed by atoms with Crippen molar-refractivity contribution < 1.29 is 17.6 Å². The van der Waals surface area contributed by atoms with Gasteiger partial charge in [0.25, 0.3) is 0 Å². The minimum atomic E-state index is -3.46. The molecule has 0 radical (unpaired) electrons. The minimum Gasteiger partial charge on any atom is -0.293 e. The molecular formula is C12H15FO3S. The maximum atomic E-state index is 13.3. The monoisotopic (exact) mass is 258 g/mol. The van der Waals surface area contributed by atoms with Crippen molar-refractivity contribution in [3.63, 3.8) is 0 Å². The van der Waals surface area contributed by atoms with Gasteiger partial charge in [-0.15, -0.1) is 0 Å². The number of sulfone groups is 1. The zero-order chi connectivity index (χ0) is 13.1. The summed E-state index contributed by atoms with van der Waals surface area (Å²) < 4.78 is 36.4. The predicted molar refractivity (Wildman–Crippen MR) is 64.2 cm³/mol. The predicted octanol–water partition coefficient (Wildman–Crippen LogP) is 2.08. The first-order valence-corrected chi connectivity index (χ1v) is 7.12. The zero-order valence-corrected chi connectivity index (χ0v) is 10.6. The van der Waals surface area contributed by atoms with E-state index in [0.717, 1.165) is 6.07 Å². The SMILES string of the molecule is CC(C)CS(=O)(=O)CC(=O)c1ccccc1F. The van der Waals surface area contributed by atoms with Gasteiger partial charge in [0.15, 0.2) is 15.6 Å². The van der Waals surface area contributed by atoms with Crippen LogP contribution in [0, 0.1) is 11.7 Å². The van der Waals surface area contributed by atoms with E-state index in [0.29, 0.717) is 0 Å². The number of Topliss-reactive ketones (excluding diaryl/α,β-unsaturated/α-hetero) is 1. The third kappa shape index (κ3) is 4.26. The highest BCUT2D eigenvalue weighted by atomic mass is 32.2. The van der Waals surface area contributed by atoms with Crippen LogP contribution in [0.4, 0.5) is 4.39 Å². The Kier molecular flexibility index (Phi) is 4.40. The van der Waals surface area contributed by atoms with E-state index in [-0.39, 0.29) is 17.2 Å². The number of hydrogen-bond donors (Lipinski definition) is 0. The van der Waals surface area contributed by atoms with Crippen LogP contribution in [0.3, 0.4) is 0 Å². The van der Waals surface area contributed by atoms with Crippen molar-refractivity contribution >= 4 is 15.6 Å². The molecule has 0 amide bonds. The lowest BCUT2D eigenvalue weighted by Gasteiger charge is -2.06. The maximum Gasteiger partial charge on any atom is 0.180 e. The van der Waals surface area contributed by atoms with Gasteiger partial charge in [0.1, 0.15) is 11.6 Å². The molecule has 0 aliphatic rings. The molecule has 0 unspecified atom stereocenters. The van der Waals surface area contributed by atoms with E-state index >= 15 is 0 Å². The molecule has 0 aliphatic heterocycles. The number of halogens is 1. The summed E-state index contributed by atoms with van der Waals surface area (Å²) in [7, 11) is -3.46. The molecule has 0 spiro atoms. The summed E-state index contributed by atoms with van der Waals surface area (Å²) in [6, 6.07) is 5.39. The first kappa shape index (κ1) is 13.8. The third-order valence-electron chi connectivity index (χ3n) is 2.11. The van der Waals surface area contributed by atoms with Gasteiger partial charge in [-0.2, -0.15) is 0 Å². The summed E-state index contributed by atoms with van der Waals surface area (Å²) >= 11 is 0. The Labute approximate surface area is 101 Å². The fourth-order valence-corrected chi connectivity index (χ4v) is 3.22. The highest BCUT2D eigenvalue weighted by molar-refractivity contribution is 7.92. The van der Waals surface area contributed by atoms with Crippen LogP contribution in [0.5, 0.6) is 0 Å². The fourth-order valence-electron chi connectivity index (χ4n) is 1.53. The van der Waals surface area contributed by atoms with Gasteiger partial charge < -0.3 is 0 Å². The average Bonchev–Trinajstić information content (AvgIpc) is 2.14. The van der Waals surface area contributed by atoms with E-state index in [1.54, 1.807) is 13.8 Å². The van der Waals surface area contributed by atoms with E-state index in [4.69, 9.17) is 0 Å². The molecule has 0 saturated heterocycles. The standard InChI is InChI=1S/C12H15FO3S/c1-9(2)7-17(15,16)8-12(14)10-5-3-4-6-11(10)13/h3-6,9H,7-8H2,1-2H3. The van der Waals surface area contributed by atoms with Gasteiger partial charge in [-0.3, -0.25) is 4.79 Å². The molecule has 0 aliphatic carbocycles. The van der Waals surface area contributed by atoms with E-state index in [2.05, 4.69) is 0 Å². The van der Waals surface area contributed by atoms with Crippen molar-refractivity contribution in [2.45, 2.75) is 13.8 Å². The smallest absolute Gasteiger partial charge is 0.180 e. The largest absolute Gasteiger partial charge is 0.293 e. The van der Waals surface area contributed by atoms with Crippen LogP contribution in [-0.4, -0.2) is 25.7 Å². The van der Waals surface area contributed by atoms with Crippen molar-refractivity contribution in [3.8, 4) is 0 Å². The van der Waals surface area contributed by atoms with Crippen molar-refractivity contribution in [1.29, 1.82) is 0 Å². The zero-order valence-electron chi connectivity index (χ0n) is 9.81. The van der Waals surface area contributed by atoms with Crippen LogP contribution < -0.4 is 0 Å². The van der Waals surface area contributed by atoms with Gasteiger partial charge in [0, 0.05) is 0 Å². The van der Waals surface area contributed by atoms with Crippen LogP contribution in [-0.2, 0) is 9.84 Å². The maximum absolute atomic E-state index is 13.3. The van der Waals surface area contributed by atoms with Gasteiger partial charge in [-0.1, -0.05) is 26.0 Å². The summed E-state index contributed by atoms with van der Waals surface area (Å²) in [6.45, 7) is 3.51. The normalized spacial score (nSPS) is 11.8. The molecule has 17 heavy (non-hydrogen) atoms.